The monoisotopic (exact) mass is 429 g/mol. The van der Waals surface area contributed by atoms with E-state index in [4.69, 9.17) is 13.9 Å². The fourth-order valence-corrected chi connectivity index (χ4v) is 9.67. The molecule has 4 fully saturated rings. The van der Waals surface area contributed by atoms with Crippen molar-refractivity contribution in [2.24, 2.45) is 28.6 Å². The maximum atomic E-state index is 10.3. The van der Waals surface area contributed by atoms with Crippen molar-refractivity contribution in [1.29, 1.82) is 5.26 Å². The second-order valence-corrected chi connectivity index (χ2v) is 16.6. The summed E-state index contributed by atoms with van der Waals surface area (Å²) >= 11 is 0. The predicted octanol–water partition coefficient (Wildman–Crippen LogP) is 5.81. The van der Waals surface area contributed by atoms with E-state index in [9.17, 15) is 5.26 Å². The molecule has 0 aromatic heterocycles. The predicted molar refractivity (Wildman–Crippen MR) is 119 cm³/mol. The molecular formula is C25H39NO3Si. The number of rotatable bonds is 2. The zero-order chi connectivity index (χ0) is 21.4. The van der Waals surface area contributed by atoms with Gasteiger partial charge in [0.1, 0.15) is 5.60 Å². The minimum absolute atomic E-state index is 0.0154. The van der Waals surface area contributed by atoms with E-state index in [0.29, 0.717) is 11.8 Å². The lowest BCUT2D eigenvalue weighted by Crippen LogP contribution is -2.57. The molecule has 0 aromatic carbocycles. The highest BCUT2D eigenvalue weighted by atomic mass is 28.4. The van der Waals surface area contributed by atoms with Crippen LogP contribution in [0.2, 0.25) is 19.6 Å². The molecule has 30 heavy (non-hydrogen) atoms. The number of nitriles is 1. The summed E-state index contributed by atoms with van der Waals surface area (Å²) in [4.78, 5) is 0. The first-order valence-electron chi connectivity index (χ1n) is 12.2. The molecule has 4 aliphatic carbocycles. The highest BCUT2D eigenvalue weighted by Crippen LogP contribution is 2.68. The third kappa shape index (κ3) is 2.86. The van der Waals surface area contributed by atoms with E-state index in [-0.39, 0.29) is 16.6 Å². The molecule has 0 amide bonds. The van der Waals surface area contributed by atoms with Crippen molar-refractivity contribution < 1.29 is 13.9 Å². The summed E-state index contributed by atoms with van der Waals surface area (Å²) in [7, 11) is -1.81. The summed E-state index contributed by atoms with van der Waals surface area (Å²) in [6.07, 6.45) is 11.2. The number of allylic oxidation sites excluding steroid dienone is 1. The lowest BCUT2D eigenvalue weighted by atomic mass is 9.47. The first-order chi connectivity index (χ1) is 14.1. The van der Waals surface area contributed by atoms with Crippen LogP contribution >= 0.6 is 0 Å². The van der Waals surface area contributed by atoms with Crippen molar-refractivity contribution in [1.82, 2.24) is 0 Å². The van der Waals surface area contributed by atoms with Gasteiger partial charge in [-0.15, -0.1) is 0 Å². The van der Waals surface area contributed by atoms with Gasteiger partial charge in [-0.2, -0.15) is 5.26 Å². The van der Waals surface area contributed by atoms with E-state index < -0.39 is 13.9 Å². The molecule has 5 aliphatic rings. The second kappa shape index (κ2) is 6.67. The van der Waals surface area contributed by atoms with E-state index in [1.807, 2.05) is 0 Å². The van der Waals surface area contributed by atoms with Crippen LogP contribution in [0.5, 0.6) is 0 Å². The summed E-state index contributed by atoms with van der Waals surface area (Å²) in [5.41, 5.74) is 1.25. The highest BCUT2D eigenvalue weighted by molar-refractivity contribution is 6.69. The Hall–Kier alpha value is -0.673. The van der Waals surface area contributed by atoms with Gasteiger partial charge in [0.25, 0.3) is 0 Å². The van der Waals surface area contributed by atoms with Crippen molar-refractivity contribution >= 4 is 8.32 Å². The largest absolute Gasteiger partial charge is 0.399 e. The van der Waals surface area contributed by atoms with Crippen molar-refractivity contribution in [2.75, 3.05) is 13.2 Å². The van der Waals surface area contributed by atoms with Gasteiger partial charge in [-0.25, -0.2) is 0 Å². The first-order valence-corrected chi connectivity index (χ1v) is 15.6. The summed E-state index contributed by atoms with van der Waals surface area (Å²) in [5.74, 6) is 1.65. The smallest absolute Gasteiger partial charge is 0.185 e. The molecule has 1 spiro atoms. The number of hydrogen-bond donors (Lipinski definition) is 0. The van der Waals surface area contributed by atoms with Gasteiger partial charge < -0.3 is 13.9 Å². The van der Waals surface area contributed by atoms with Gasteiger partial charge in [-0.1, -0.05) is 25.5 Å². The van der Waals surface area contributed by atoms with Gasteiger partial charge in [0.15, 0.2) is 14.1 Å². The fraction of sp³-hybridized carbons (Fsp3) is 0.880. The number of hydrogen-bond acceptors (Lipinski definition) is 4. The van der Waals surface area contributed by atoms with Crippen LogP contribution in [0.1, 0.15) is 65.2 Å². The lowest BCUT2D eigenvalue weighted by molar-refractivity contribution is -0.186. The molecule has 5 rings (SSSR count). The Labute approximate surface area is 183 Å². The normalized spacial score (nSPS) is 47.2. The van der Waals surface area contributed by atoms with Crippen molar-refractivity contribution in [3.8, 4) is 6.07 Å². The van der Waals surface area contributed by atoms with Gasteiger partial charge in [-0.05, 0) is 81.3 Å². The topological polar surface area (TPSA) is 51.5 Å². The van der Waals surface area contributed by atoms with Crippen molar-refractivity contribution in [2.45, 2.75) is 96.2 Å². The maximum Gasteiger partial charge on any atom is 0.185 e. The molecule has 0 bridgehead atoms. The third-order valence-electron chi connectivity index (χ3n) is 9.70. The van der Waals surface area contributed by atoms with Gasteiger partial charge in [-0.3, -0.25) is 0 Å². The number of nitrogens with zero attached hydrogens (tertiary/aromatic N) is 1. The van der Waals surface area contributed by atoms with Crippen LogP contribution in [0.4, 0.5) is 0 Å². The van der Waals surface area contributed by atoms with Crippen LogP contribution in [-0.2, 0) is 13.9 Å². The first kappa shape index (κ1) is 21.2. The van der Waals surface area contributed by atoms with E-state index in [1.54, 1.807) is 5.57 Å². The average molecular weight is 430 g/mol. The molecule has 3 saturated carbocycles. The molecular weight excluding hydrogens is 390 g/mol. The summed E-state index contributed by atoms with van der Waals surface area (Å²) in [5, 5.41) is 10.3. The molecule has 0 aromatic rings. The van der Waals surface area contributed by atoms with E-state index >= 15 is 0 Å². The van der Waals surface area contributed by atoms with Gasteiger partial charge in [0, 0.05) is 18.3 Å². The quantitative estimate of drug-likeness (QED) is 0.411. The Morgan fingerprint density at radius 3 is 2.40 bits per heavy atom. The van der Waals surface area contributed by atoms with E-state index in [2.05, 4.69) is 45.6 Å². The molecule has 3 unspecified atom stereocenters. The van der Waals surface area contributed by atoms with Crippen LogP contribution in [-0.4, -0.2) is 32.9 Å². The van der Waals surface area contributed by atoms with E-state index in [0.717, 1.165) is 64.1 Å². The molecule has 1 saturated heterocycles. The SMILES string of the molecule is C[C@]12CCC3(CC1=CCC1C2CC[C@@]2(C)C1CC[C@@]2(C#N)O[Si](C)(C)C)OCCO3. The Kier molecular flexibility index (Phi) is 4.71. The highest BCUT2D eigenvalue weighted by Gasteiger charge is 2.66. The van der Waals surface area contributed by atoms with Crippen molar-refractivity contribution in [3.05, 3.63) is 11.6 Å². The molecule has 166 valence electrons. The maximum absolute atomic E-state index is 10.3. The van der Waals surface area contributed by atoms with E-state index in [1.165, 1.54) is 6.42 Å². The molecule has 1 aliphatic heterocycles. The number of fused-ring (bicyclic) bond motifs is 5. The Morgan fingerprint density at radius 2 is 1.73 bits per heavy atom. The molecule has 5 heteroatoms. The van der Waals surface area contributed by atoms with Gasteiger partial charge in [0.2, 0.25) is 0 Å². The van der Waals surface area contributed by atoms with Crippen LogP contribution in [0, 0.1) is 39.9 Å². The minimum atomic E-state index is -1.81. The zero-order valence-corrected chi connectivity index (χ0v) is 20.6. The van der Waals surface area contributed by atoms with Crippen LogP contribution in [0.15, 0.2) is 11.6 Å². The average Bonchev–Trinajstić information content (AvgIpc) is 3.24. The molecule has 0 N–H and O–H groups in total. The van der Waals surface area contributed by atoms with Crippen LogP contribution in [0.3, 0.4) is 0 Å². The lowest BCUT2D eigenvalue weighted by Gasteiger charge is -2.59. The molecule has 1 heterocycles. The molecule has 0 radical (unpaired) electrons. The van der Waals surface area contributed by atoms with Crippen LogP contribution < -0.4 is 0 Å². The zero-order valence-electron chi connectivity index (χ0n) is 19.6. The summed E-state index contributed by atoms with van der Waals surface area (Å²) in [6, 6.07) is 2.73. The van der Waals surface area contributed by atoms with Gasteiger partial charge >= 0.3 is 0 Å². The number of ether oxygens (including phenoxy) is 2. The van der Waals surface area contributed by atoms with Crippen molar-refractivity contribution in [3.63, 3.8) is 0 Å². The Bertz CT molecular complexity index is 791. The molecule has 4 nitrogen and oxygen atoms in total. The fourth-order valence-electron chi connectivity index (χ4n) is 8.24. The van der Waals surface area contributed by atoms with Gasteiger partial charge in [0.05, 0.1) is 19.3 Å². The Balaban J connectivity index is 1.45. The summed E-state index contributed by atoms with van der Waals surface area (Å²) < 4.78 is 18.9. The Morgan fingerprint density at radius 1 is 1.03 bits per heavy atom. The summed E-state index contributed by atoms with van der Waals surface area (Å²) in [6.45, 7) is 13.1. The minimum Gasteiger partial charge on any atom is -0.399 e. The van der Waals surface area contributed by atoms with Crippen LogP contribution in [0.25, 0.3) is 0 Å². The standard InChI is InChI=1S/C25H39NO3Si/c1-22-12-13-25(27-14-15-28-25)16-18(22)6-7-19-20(22)8-10-23(2)21(19)9-11-24(23,17-26)29-30(3,4)5/h6,19-21H,7-16H2,1-5H3/t19?,20?,21?,22-,23-,24-/m0/s1. The third-order valence-corrected chi connectivity index (χ3v) is 10.7. The molecule has 6 atom stereocenters. The second-order valence-electron chi connectivity index (χ2n) is 12.2.